The number of pyridine rings is 10. The lowest BCUT2D eigenvalue weighted by Crippen LogP contribution is -1.95. The highest BCUT2D eigenvalue weighted by atomic mass is 14.8. The Hall–Kier alpha value is -13.4. The fourth-order valence-corrected chi connectivity index (χ4v) is 13.6. The third-order valence-corrected chi connectivity index (χ3v) is 18.7. The summed E-state index contributed by atoms with van der Waals surface area (Å²) in [5, 5.41) is 8.21. The summed E-state index contributed by atoms with van der Waals surface area (Å²) in [6.45, 7) is 0. The lowest BCUT2D eigenvalue weighted by atomic mass is 9.97. The molecule has 0 unspecified atom stereocenters. The molecule has 0 saturated carbocycles. The Labute approximate surface area is 562 Å². The maximum absolute atomic E-state index is 5.48. The molecule has 0 spiro atoms. The van der Waals surface area contributed by atoms with Gasteiger partial charge in [-0.1, -0.05) is 158 Å². The molecule has 19 aromatic rings. The van der Waals surface area contributed by atoms with Crippen LogP contribution in [0.2, 0.25) is 0 Å². The summed E-state index contributed by atoms with van der Waals surface area (Å²) in [7, 11) is 0. The molecule has 10 heterocycles. The monoisotopic (exact) mass is 1250 g/mol. The molecular weight excluding hydrogens is 1200 g/mol. The molecule has 9 aromatic carbocycles. The molecule has 0 bridgehead atoms. The predicted octanol–water partition coefficient (Wildman–Crippen LogP) is 21.5. The standard InChI is InChI=1S/C88H52N10/c1-2-10-53(11-3-1)71-43-31-69-70(78-38-26-64-48-58(22-33-72(64)91-78)59-23-34-73-65(49-59)27-40-81(92-73)79-16-4-6-44-89-79)52-68-30-37-77(96-87(68)88(69)97-71)63-15-9-13-57(47-63)56-12-8-14-62(46-56)76-32-20-54-18-19-55-21-39-84(98-86(55)85(54)95-76)83-42-29-67-51-61(25-36-75(67)94-83)60-24-35-74-66(50-60)28-41-82(93-74)80-17-5-7-45-90-80/h1-52H. The molecule has 19 rings (SSSR count). The van der Waals surface area contributed by atoms with Crippen LogP contribution in [-0.2, 0) is 0 Å². The second-order valence-electron chi connectivity index (χ2n) is 24.8. The quantitative estimate of drug-likeness (QED) is 0.122. The molecule has 0 amide bonds. The van der Waals surface area contributed by atoms with E-state index < -0.39 is 0 Å². The van der Waals surface area contributed by atoms with E-state index in [9.17, 15) is 0 Å². The maximum atomic E-state index is 5.48. The van der Waals surface area contributed by atoms with E-state index in [1.54, 1.807) is 12.4 Å². The highest BCUT2D eigenvalue weighted by Crippen LogP contribution is 2.39. The van der Waals surface area contributed by atoms with Gasteiger partial charge in [0.25, 0.3) is 0 Å². The van der Waals surface area contributed by atoms with Gasteiger partial charge in [-0.2, -0.15) is 0 Å². The first kappa shape index (κ1) is 56.1. The zero-order valence-corrected chi connectivity index (χ0v) is 52.5. The first-order valence-electron chi connectivity index (χ1n) is 32.6. The second-order valence-corrected chi connectivity index (χ2v) is 24.8. The third kappa shape index (κ3) is 10.2. The summed E-state index contributed by atoms with van der Waals surface area (Å²) in [6, 6.07) is 105. The number of nitrogens with zero attached hydrogens (tertiary/aromatic N) is 10. The van der Waals surface area contributed by atoms with Gasteiger partial charge < -0.3 is 0 Å². The Morgan fingerprint density at radius 1 is 0.163 bits per heavy atom. The Balaban J connectivity index is 0.612. The molecule has 10 nitrogen and oxygen atoms in total. The molecule has 0 fully saturated rings. The summed E-state index contributed by atoms with van der Waals surface area (Å²) in [5.41, 5.74) is 26.0. The molecular formula is C88H52N10. The molecule has 0 radical (unpaired) electrons. The Morgan fingerprint density at radius 2 is 0.500 bits per heavy atom. The molecule has 0 aliphatic heterocycles. The molecule has 98 heavy (non-hydrogen) atoms. The molecule has 0 saturated heterocycles. The van der Waals surface area contributed by atoms with Crippen LogP contribution in [0.15, 0.2) is 316 Å². The zero-order chi connectivity index (χ0) is 64.6. The fourth-order valence-electron chi connectivity index (χ4n) is 13.6. The van der Waals surface area contributed by atoms with Crippen molar-refractivity contribution in [3.05, 3.63) is 316 Å². The van der Waals surface area contributed by atoms with Crippen molar-refractivity contribution in [3.63, 3.8) is 0 Å². The maximum Gasteiger partial charge on any atom is 0.0979 e. The molecule has 0 atom stereocenters. The summed E-state index contributed by atoms with van der Waals surface area (Å²) >= 11 is 0. The number of rotatable bonds is 10. The van der Waals surface area contributed by atoms with E-state index in [4.69, 9.17) is 39.9 Å². The zero-order valence-electron chi connectivity index (χ0n) is 52.5. The molecule has 0 N–H and O–H groups in total. The predicted molar refractivity (Wildman–Crippen MR) is 399 cm³/mol. The van der Waals surface area contributed by atoms with Gasteiger partial charge in [0.05, 0.1) is 101 Å². The van der Waals surface area contributed by atoms with Gasteiger partial charge >= 0.3 is 0 Å². The van der Waals surface area contributed by atoms with Gasteiger partial charge in [-0.15, -0.1) is 0 Å². The summed E-state index contributed by atoms with van der Waals surface area (Å²) in [5.74, 6) is 0. The van der Waals surface area contributed by atoms with Crippen LogP contribution in [-0.4, -0.2) is 49.8 Å². The van der Waals surface area contributed by atoms with Gasteiger partial charge in [0.2, 0.25) is 0 Å². The van der Waals surface area contributed by atoms with Crippen molar-refractivity contribution >= 4 is 87.2 Å². The van der Waals surface area contributed by atoms with Gasteiger partial charge in [-0.05, 0) is 179 Å². The van der Waals surface area contributed by atoms with Crippen molar-refractivity contribution in [2.75, 3.05) is 0 Å². The van der Waals surface area contributed by atoms with E-state index in [2.05, 4.69) is 259 Å². The topological polar surface area (TPSA) is 129 Å². The van der Waals surface area contributed by atoms with Crippen LogP contribution in [0.5, 0.6) is 0 Å². The second kappa shape index (κ2) is 23.2. The molecule has 0 aliphatic rings. The van der Waals surface area contributed by atoms with E-state index in [1.165, 1.54) is 0 Å². The first-order chi connectivity index (χ1) is 48.4. The van der Waals surface area contributed by atoms with Gasteiger partial charge in [-0.25, -0.2) is 39.9 Å². The highest BCUT2D eigenvalue weighted by Gasteiger charge is 2.18. The molecule has 0 aliphatic carbocycles. The van der Waals surface area contributed by atoms with E-state index in [-0.39, 0.29) is 0 Å². The molecule has 10 heteroatoms. The van der Waals surface area contributed by atoms with Crippen molar-refractivity contribution in [2.24, 2.45) is 0 Å². The Morgan fingerprint density at radius 3 is 0.990 bits per heavy atom. The van der Waals surface area contributed by atoms with Gasteiger partial charge in [0.15, 0.2) is 0 Å². The molecule has 10 aromatic heterocycles. The van der Waals surface area contributed by atoms with Crippen molar-refractivity contribution in [1.82, 2.24) is 49.8 Å². The lowest BCUT2D eigenvalue weighted by molar-refractivity contribution is 1.28. The number of aromatic nitrogens is 10. The van der Waals surface area contributed by atoms with Crippen LogP contribution >= 0.6 is 0 Å². The van der Waals surface area contributed by atoms with Gasteiger partial charge in [0.1, 0.15) is 0 Å². The Kier molecular flexibility index (Phi) is 13.3. The molecule has 454 valence electrons. The smallest absolute Gasteiger partial charge is 0.0979 e. The van der Waals surface area contributed by atoms with Crippen LogP contribution in [0.1, 0.15) is 0 Å². The van der Waals surface area contributed by atoms with Crippen LogP contribution in [0.3, 0.4) is 0 Å². The summed E-state index contributed by atoms with van der Waals surface area (Å²) in [6.07, 6.45) is 3.59. The number of benzene rings is 9. The minimum atomic E-state index is 0.784. The first-order valence-corrected chi connectivity index (χ1v) is 32.6. The minimum Gasteiger partial charge on any atom is -0.255 e. The van der Waals surface area contributed by atoms with E-state index >= 15 is 0 Å². The van der Waals surface area contributed by atoms with Crippen LogP contribution in [0.25, 0.3) is 200 Å². The summed E-state index contributed by atoms with van der Waals surface area (Å²) < 4.78 is 0. The average Bonchev–Trinajstić information content (AvgIpc) is 0.749. The van der Waals surface area contributed by atoms with Crippen LogP contribution in [0, 0.1) is 0 Å². The normalized spacial score (nSPS) is 11.7. The van der Waals surface area contributed by atoms with Crippen molar-refractivity contribution in [2.45, 2.75) is 0 Å². The van der Waals surface area contributed by atoms with Crippen LogP contribution < -0.4 is 0 Å². The fraction of sp³-hybridized carbons (Fsp3) is 0. The largest absolute Gasteiger partial charge is 0.255 e. The number of hydrogen-bond donors (Lipinski definition) is 0. The number of fused-ring (bicyclic) bond motifs is 10. The summed E-state index contributed by atoms with van der Waals surface area (Å²) in [4.78, 5) is 50.9. The van der Waals surface area contributed by atoms with Crippen molar-refractivity contribution < 1.29 is 0 Å². The highest BCUT2D eigenvalue weighted by molar-refractivity contribution is 6.11. The van der Waals surface area contributed by atoms with Crippen LogP contribution in [0.4, 0.5) is 0 Å². The van der Waals surface area contributed by atoms with E-state index in [1.807, 2.05) is 54.6 Å². The lowest BCUT2D eigenvalue weighted by Gasteiger charge is -2.13. The third-order valence-electron chi connectivity index (χ3n) is 18.7. The van der Waals surface area contributed by atoms with Crippen molar-refractivity contribution in [3.8, 4) is 113 Å². The SMILES string of the molecule is c1ccc(-c2ccc3c(-c4ccc5cc(-c6ccc7nc(-c8ccccn8)ccc7c6)ccc5n4)cc4ccc(-c5cccc(-c6cccc(-c7ccc8ccc9ccc(-c%10ccc%11cc(-c%12ccc%13nc(-c%14ccccn%14)ccc%13c%12)ccc%11n%10)nc9c8n7)c6)c5)nc4c3n2)cc1. The number of hydrogen-bond acceptors (Lipinski definition) is 10. The average molecular weight is 1250 g/mol. The minimum absolute atomic E-state index is 0.784. The van der Waals surface area contributed by atoms with E-state index in [0.29, 0.717) is 0 Å². The Bertz CT molecular complexity index is 6440. The van der Waals surface area contributed by atoms with E-state index in [0.717, 1.165) is 200 Å². The van der Waals surface area contributed by atoms with Gasteiger partial charge in [-0.3, -0.25) is 9.97 Å². The van der Waals surface area contributed by atoms with Gasteiger partial charge in [0, 0.05) is 77.7 Å². The van der Waals surface area contributed by atoms with Crippen molar-refractivity contribution in [1.29, 1.82) is 0 Å².